The van der Waals surface area contributed by atoms with Gasteiger partial charge in [0.05, 0.1) is 5.35 Å². The molecule has 0 aliphatic rings. The number of rotatable bonds is 5. The number of carbonyl (C=O) groups is 1. The van der Waals surface area contributed by atoms with E-state index in [2.05, 4.69) is 21.9 Å². The molecule has 0 bridgehead atoms. The Kier molecular flexibility index (Phi) is 6.06. The molecular weight excluding hydrogens is 372 g/mol. The summed E-state index contributed by atoms with van der Waals surface area (Å²) in [5.74, 6) is -0.193. The molecule has 0 aliphatic carbocycles. The van der Waals surface area contributed by atoms with Crippen molar-refractivity contribution >= 4 is 50.6 Å². The zero-order chi connectivity index (χ0) is 19.5. The highest BCUT2D eigenvalue weighted by molar-refractivity contribution is 7.89. The normalized spacial score (nSPS) is 13.3. The summed E-state index contributed by atoms with van der Waals surface area (Å²) in [4.78, 5) is 19.6. The second-order valence-electron chi connectivity index (χ2n) is 5.72. The first kappa shape index (κ1) is 20.0. The van der Waals surface area contributed by atoms with Crippen LogP contribution in [0.25, 0.3) is 18.2 Å². The summed E-state index contributed by atoms with van der Waals surface area (Å²) in [5.41, 5.74) is 1.51. The second-order valence-corrected chi connectivity index (χ2v) is 8.96. The molecule has 2 rings (SSSR count). The molecule has 0 atom stereocenters. The number of thiazole rings is 1. The van der Waals surface area contributed by atoms with Gasteiger partial charge in [0, 0.05) is 37.9 Å². The number of sulfonamides is 1. The molecular formula is C17H20N4O3S2. The van der Waals surface area contributed by atoms with Gasteiger partial charge in [0.15, 0.2) is 5.13 Å². The van der Waals surface area contributed by atoms with Gasteiger partial charge in [-0.2, -0.15) is 0 Å². The van der Waals surface area contributed by atoms with Crippen molar-refractivity contribution in [2.45, 2.75) is 18.7 Å². The maximum Gasteiger partial charge on any atom is 0.244 e. The highest BCUT2D eigenvalue weighted by Crippen LogP contribution is 2.18. The Morgan fingerprint density at radius 1 is 1.31 bits per heavy atom. The first-order valence-corrected chi connectivity index (χ1v) is 9.87. The molecule has 0 unspecified atom stereocenters. The molecule has 0 saturated carbocycles. The van der Waals surface area contributed by atoms with E-state index in [1.165, 1.54) is 38.6 Å². The first-order chi connectivity index (χ1) is 12.1. The lowest BCUT2D eigenvalue weighted by Gasteiger charge is -2.11. The predicted octanol–water partition coefficient (Wildman–Crippen LogP) is 1.04. The molecule has 138 valence electrons. The van der Waals surface area contributed by atoms with E-state index < -0.39 is 10.0 Å². The highest BCUT2D eigenvalue weighted by atomic mass is 32.2. The summed E-state index contributed by atoms with van der Waals surface area (Å²) in [6.07, 6.45) is 6.50. The molecule has 2 heterocycles. The minimum atomic E-state index is -3.54. The van der Waals surface area contributed by atoms with Gasteiger partial charge < -0.3 is 5.32 Å². The molecule has 2 aromatic rings. The topological polar surface area (TPSA) is 92.3 Å². The van der Waals surface area contributed by atoms with Gasteiger partial charge in [-0.15, -0.1) is 0 Å². The maximum absolute atomic E-state index is 12.2. The summed E-state index contributed by atoms with van der Waals surface area (Å²) < 4.78 is 26.3. The van der Waals surface area contributed by atoms with Gasteiger partial charge in [-0.25, -0.2) is 17.7 Å². The number of hydrogen-bond donors (Lipinski definition) is 1. The van der Waals surface area contributed by atoms with E-state index in [4.69, 9.17) is 0 Å². The number of allylic oxidation sites excluding steroid dienone is 2. The average Bonchev–Trinajstić information content (AvgIpc) is 2.91. The Morgan fingerprint density at radius 2 is 2.00 bits per heavy atom. The second kappa shape index (κ2) is 7.90. The standard InChI is InChI=1S/C17H20N4O3S2/c1-11(6-7-16-12(2)25-17(20-16)19-13(3)22)14-8-15(10-18-9-14)26(23,24)21(4)5/h6-10H,2H2,1,3-5H3,(H,19,20,22). The van der Waals surface area contributed by atoms with E-state index in [0.29, 0.717) is 16.0 Å². The van der Waals surface area contributed by atoms with Crippen LogP contribution in [0.2, 0.25) is 0 Å². The van der Waals surface area contributed by atoms with E-state index in [1.54, 1.807) is 18.3 Å². The summed E-state index contributed by atoms with van der Waals surface area (Å²) in [6, 6.07) is 1.58. The number of amides is 1. The molecule has 0 aromatic carbocycles. The minimum absolute atomic E-state index is 0.132. The van der Waals surface area contributed by atoms with Crippen LogP contribution in [0.1, 0.15) is 19.4 Å². The fourth-order valence-electron chi connectivity index (χ4n) is 1.98. The van der Waals surface area contributed by atoms with Crippen LogP contribution in [0.5, 0.6) is 0 Å². The van der Waals surface area contributed by atoms with Crippen LogP contribution in [0.15, 0.2) is 29.4 Å². The Hall–Kier alpha value is -2.36. The van der Waals surface area contributed by atoms with E-state index >= 15 is 0 Å². The number of hydrogen-bond acceptors (Lipinski definition) is 6. The molecule has 0 radical (unpaired) electrons. The van der Waals surface area contributed by atoms with Gasteiger partial charge in [-0.3, -0.25) is 9.78 Å². The largest absolute Gasteiger partial charge is 0.302 e. The third-order valence-corrected chi connectivity index (χ3v) is 6.07. The fourth-order valence-corrected chi connectivity index (χ4v) is 3.67. The Balaban J connectivity index is 2.38. The van der Waals surface area contributed by atoms with Gasteiger partial charge in [-0.05, 0) is 30.2 Å². The quantitative estimate of drug-likeness (QED) is 0.821. The molecule has 7 nitrogen and oxygen atoms in total. The van der Waals surface area contributed by atoms with E-state index in [1.807, 2.05) is 13.0 Å². The van der Waals surface area contributed by atoms with Crippen molar-refractivity contribution in [3.63, 3.8) is 0 Å². The molecule has 0 aliphatic heterocycles. The highest BCUT2D eigenvalue weighted by Gasteiger charge is 2.18. The molecule has 26 heavy (non-hydrogen) atoms. The molecule has 0 saturated heterocycles. The monoisotopic (exact) mass is 392 g/mol. The maximum atomic E-state index is 12.2. The summed E-state index contributed by atoms with van der Waals surface area (Å²) in [5, 5.41) is 3.75. The number of aromatic nitrogens is 2. The Labute approximate surface area is 156 Å². The van der Waals surface area contributed by atoms with E-state index in [-0.39, 0.29) is 10.8 Å². The van der Waals surface area contributed by atoms with Crippen LogP contribution in [-0.2, 0) is 14.8 Å². The van der Waals surface area contributed by atoms with Gasteiger partial charge in [0.2, 0.25) is 15.9 Å². The van der Waals surface area contributed by atoms with Crippen molar-refractivity contribution in [3.8, 4) is 0 Å². The zero-order valence-electron chi connectivity index (χ0n) is 15.0. The van der Waals surface area contributed by atoms with Crippen LogP contribution in [0.3, 0.4) is 0 Å². The SMILES string of the molecule is C=c1sc(NC(C)=O)nc1=CC=C(C)c1cncc(S(=O)(=O)N(C)C)c1. The third kappa shape index (κ3) is 4.63. The van der Waals surface area contributed by atoms with Crippen LogP contribution in [-0.4, -0.2) is 42.7 Å². The van der Waals surface area contributed by atoms with E-state index in [9.17, 15) is 13.2 Å². The molecule has 1 amide bonds. The average molecular weight is 393 g/mol. The lowest BCUT2D eigenvalue weighted by Crippen LogP contribution is -2.22. The molecule has 9 heteroatoms. The molecule has 2 aromatic heterocycles. The van der Waals surface area contributed by atoms with Crippen molar-refractivity contribution in [3.05, 3.63) is 40.0 Å². The third-order valence-electron chi connectivity index (χ3n) is 3.45. The lowest BCUT2D eigenvalue weighted by atomic mass is 10.1. The van der Waals surface area contributed by atoms with Gasteiger partial charge in [-0.1, -0.05) is 24.0 Å². The number of nitrogens with one attached hydrogen (secondary N) is 1. The van der Waals surface area contributed by atoms with Gasteiger partial charge >= 0.3 is 0 Å². The molecule has 1 N–H and O–H groups in total. The number of carbonyl (C=O) groups excluding carboxylic acids is 1. The summed E-state index contributed by atoms with van der Waals surface area (Å²) in [7, 11) is -0.592. The summed E-state index contributed by atoms with van der Waals surface area (Å²) in [6.45, 7) is 7.18. The smallest absolute Gasteiger partial charge is 0.244 e. The van der Waals surface area contributed by atoms with Crippen LogP contribution >= 0.6 is 11.3 Å². The number of anilines is 1. The minimum Gasteiger partial charge on any atom is -0.302 e. The van der Waals surface area contributed by atoms with E-state index in [0.717, 1.165) is 14.4 Å². The van der Waals surface area contributed by atoms with Gasteiger partial charge in [0.25, 0.3) is 0 Å². The van der Waals surface area contributed by atoms with Crippen molar-refractivity contribution < 1.29 is 13.2 Å². The molecule has 0 spiro atoms. The number of pyridine rings is 1. The summed E-state index contributed by atoms with van der Waals surface area (Å²) >= 11 is 1.29. The van der Waals surface area contributed by atoms with Crippen molar-refractivity contribution in [1.82, 2.24) is 14.3 Å². The zero-order valence-corrected chi connectivity index (χ0v) is 16.6. The van der Waals surface area contributed by atoms with Gasteiger partial charge in [0.1, 0.15) is 4.90 Å². The van der Waals surface area contributed by atoms with Crippen molar-refractivity contribution in [1.29, 1.82) is 0 Å². The predicted molar refractivity (Wildman–Crippen MR) is 104 cm³/mol. The Morgan fingerprint density at radius 3 is 2.62 bits per heavy atom. The van der Waals surface area contributed by atoms with Crippen molar-refractivity contribution in [2.24, 2.45) is 0 Å². The molecule has 0 fully saturated rings. The van der Waals surface area contributed by atoms with Crippen LogP contribution in [0, 0.1) is 0 Å². The Bertz CT molecular complexity index is 1070. The first-order valence-electron chi connectivity index (χ1n) is 7.61. The van der Waals surface area contributed by atoms with Crippen molar-refractivity contribution in [2.75, 3.05) is 19.4 Å². The lowest BCUT2D eigenvalue weighted by molar-refractivity contribution is -0.114. The fraction of sp³-hybridized carbons (Fsp3) is 0.235. The van der Waals surface area contributed by atoms with Crippen LogP contribution < -0.4 is 15.2 Å². The number of nitrogens with zero attached hydrogens (tertiary/aromatic N) is 3. The van der Waals surface area contributed by atoms with Crippen LogP contribution in [0.4, 0.5) is 5.13 Å².